The molecule has 0 atom stereocenters. The van der Waals surface area contributed by atoms with Crippen molar-refractivity contribution in [1.82, 2.24) is 4.98 Å². The van der Waals surface area contributed by atoms with Crippen molar-refractivity contribution in [3.8, 4) is 6.07 Å². The Labute approximate surface area is 154 Å². The zero-order chi connectivity index (χ0) is 16.5. The van der Waals surface area contributed by atoms with Gasteiger partial charge in [-0.1, -0.05) is 30.3 Å². The van der Waals surface area contributed by atoms with Crippen LogP contribution in [-0.4, -0.2) is 18.1 Å². The SMILES string of the molecule is Cc1nc2ccc(C#N)cc2c2c1CCN2CCc1ccccc1.Cl. The topological polar surface area (TPSA) is 39.9 Å². The second-order valence-electron chi connectivity index (χ2n) is 6.34. The normalized spacial score (nSPS) is 12.6. The van der Waals surface area contributed by atoms with Crippen LogP contribution in [0.25, 0.3) is 10.9 Å². The minimum atomic E-state index is 0. The molecule has 1 aromatic heterocycles. The van der Waals surface area contributed by atoms with E-state index in [2.05, 4.69) is 48.2 Å². The number of hydrogen-bond donors (Lipinski definition) is 0. The molecule has 0 unspecified atom stereocenters. The van der Waals surface area contributed by atoms with Crippen LogP contribution in [0.5, 0.6) is 0 Å². The van der Waals surface area contributed by atoms with Gasteiger partial charge in [-0.2, -0.15) is 5.26 Å². The van der Waals surface area contributed by atoms with E-state index in [0.29, 0.717) is 5.56 Å². The van der Waals surface area contributed by atoms with Gasteiger partial charge in [-0.25, -0.2) is 0 Å². The van der Waals surface area contributed by atoms with Gasteiger partial charge >= 0.3 is 0 Å². The molecule has 0 bridgehead atoms. The number of aromatic nitrogens is 1. The molecule has 0 saturated heterocycles. The highest BCUT2D eigenvalue weighted by molar-refractivity contribution is 5.95. The van der Waals surface area contributed by atoms with Gasteiger partial charge in [-0.15, -0.1) is 12.4 Å². The fraction of sp³-hybridized carbons (Fsp3) is 0.238. The monoisotopic (exact) mass is 349 g/mol. The molecular formula is C21H20ClN3. The number of rotatable bonds is 3. The van der Waals surface area contributed by atoms with Gasteiger partial charge < -0.3 is 4.90 Å². The van der Waals surface area contributed by atoms with Gasteiger partial charge in [0.1, 0.15) is 0 Å². The minimum absolute atomic E-state index is 0. The lowest BCUT2D eigenvalue weighted by molar-refractivity contribution is 0.814. The third-order valence-electron chi connectivity index (χ3n) is 4.85. The fourth-order valence-electron chi connectivity index (χ4n) is 3.63. The van der Waals surface area contributed by atoms with Gasteiger partial charge in [0.05, 0.1) is 22.8 Å². The van der Waals surface area contributed by atoms with E-state index < -0.39 is 0 Å². The van der Waals surface area contributed by atoms with Gasteiger partial charge in [0.25, 0.3) is 0 Å². The van der Waals surface area contributed by atoms with E-state index in [1.807, 2.05) is 18.2 Å². The first-order chi connectivity index (χ1) is 11.8. The summed E-state index contributed by atoms with van der Waals surface area (Å²) in [6.45, 7) is 4.12. The Hall–Kier alpha value is -2.57. The molecule has 126 valence electrons. The van der Waals surface area contributed by atoms with Gasteiger partial charge in [-0.3, -0.25) is 4.98 Å². The van der Waals surface area contributed by atoms with Gasteiger partial charge in [0.15, 0.2) is 0 Å². The maximum atomic E-state index is 9.23. The smallest absolute Gasteiger partial charge is 0.0991 e. The Morgan fingerprint density at radius 1 is 1.16 bits per heavy atom. The lowest BCUT2D eigenvalue weighted by Crippen LogP contribution is -2.23. The standard InChI is InChI=1S/C21H19N3.ClH/c1-15-18-10-12-24(11-9-16-5-3-2-4-6-16)21(18)19-13-17(14-22)7-8-20(19)23-15;/h2-8,13H,9-12H2,1H3;1H. The van der Waals surface area contributed by atoms with Crippen molar-refractivity contribution >= 4 is 29.0 Å². The molecule has 0 radical (unpaired) electrons. The Kier molecular flexibility index (Phi) is 4.92. The van der Waals surface area contributed by atoms with Crippen molar-refractivity contribution in [1.29, 1.82) is 5.26 Å². The Morgan fingerprint density at radius 2 is 1.96 bits per heavy atom. The largest absolute Gasteiger partial charge is 0.370 e. The first-order valence-electron chi connectivity index (χ1n) is 8.38. The average molecular weight is 350 g/mol. The van der Waals surface area contributed by atoms with E-state index >= 15 is 0 Å². The Bertz CT molecular complexity index is 945. The van der Waals surface area contributed by atoms with Crippen molar-refractivity contribution < 1.29 is 0 Å². The highest BCUT2D eigenvalue weighted by Gasteiger charge is 2.24. The first kappa shape index (κ1) is 17.3. The van der Waals surface area contributed by atoms with Crippen molar-refractivity contribution in [2.75, 3.05) is 18.0 Å². The van der Waals surface area contributed by atoms with E-state index in [9.17, 15) is 5.26 Å². The number of nitrogens with zero attached hydrogens (tertiary/aromatic N) is 3. The van der Waals surface area contributed by atoms with E-state index in [1.54, 1.807) is 0 Å². The number of fused-ring (bicyclic) bond motifs is 3. The lowest BCUT2D eigenvalue weighted by Gasteiger charge is -2.21. The highest BCUT2D eigenvalue weighted by Crippen LogP contribution is 2.37. The van der Waals surface area contributed by atoms with Crippen molar-refractivity contribution in [3.05, 3.63) is 70.9 Å². The molecule has 2 aromatic carbocycles. The number of halogens is 1. The summed E-state index contributed by atoms with van der Waals surface area (Å²) in [6, 6.07) is 18.7. The van der Waals surface area contributed by atoms with E-state index in [0.717, 1.165) is 42.5 Å². The molecule has 0 aliphatic carbocycles. The summed E-state index contributed by atoms with van der Waals surface area (Å²) < 4.78 is 0. The van der Waals surface area contributed by atoms with Crippen LogP contribution in [0, 0.1) is 18.3 Å². The molecule has 1 aliphatic rings. The van der Waals surface area contributed by atoms with Crippen LogP contribution in [0.2, 0.25) is 0 Å². The molecule has 2 heterocycles. The number of pyridine rings is 1. The number of nitriles is 1. The number of benzene rings is 2. The molecule has 25 heavy (non-hydrogen) atoms. The average Bonchev–Trinajstić information content (AvgIpc) is 3.06. The predicted octanol–water partition coefficient (Wildman–Crippen LogP) is 4.44. The van der Waals surface area contributed by atoms with Crippen molar-refractivity contribution in [3.63, 3.8) is 0 Å². The molecule has 4 heteroatoms. The van der Waals surface area contributed by atoms with Gasteiger partial charge in [-0.05, 0) is 49.1 Å². The zero-order valence-corrected chi connectivity index (χ0v) is 15.0. The summed E-state index contributed by atoms with van der Waals surface area (Å²) in [6.07, 6.45) is 2.07. The molecule has 3 nitrogen and oxygen atoms in total. The molecule has 1 aliphatic heterocycles. The zero-order valence-electron chi connectivity index (χ0n) is 14.2. The molecule has 0 fully saturated rings. The molecule has 3 aromatic rings. The van der Waals surface area contributed by atoms with Gasteiger partial charge in [0, 0.05) is 24.2 Å². The van der Waals surface area contributed by atoms with Gasteiger partial charge in [0.2, 0.25) is 0 Å². The van der Waals surface area contributed by atoms with E-state index in [1.165, 1.54) is 16.8 Å². The molecule has 4 rings (SSSR count). The van der Waals surface area contributed by atoms with Crippen molar-refractivity contribution in [2.24, 2.45) is 0 Å². The second-order valence-corrected chi connectivity index (χ2v) is 6.34. The van der Waals surface area contributed by atoms with Crippen LogP contribution >= 0.6 is 12.4 Å². The molecule has 0 spiro atoms. The summed E-state index contributed by atoms with van der Waals surface area (Å²) in [5, 5.41) is 10.3. The molecule has 0 saturated carbocycles. The van der Waals surface area contributed by atoms with Crippen LogP contribution in [0.15, 0.2) is 48.5 Å². The predicted molar refractivity (Wildman–Crippen MR) is 105 cm³/mol. The Balaban J connectivity index is 0.00000182. The minimum Gasteiger partial charge on any atom is -0.370 e. The number of aryl methyl sites for hydroxylation is 1. The van der Waals surface area contributed by atoms with Crippen LogP contribution in [-0.2, 0) is 12.8 Å². The first-order valence-corrected chi connectivity index (χ1v) is 8.38. The summed E-state index contributed by atoms with van der Waals surface area (Å²) in [7, 11) is 0. The quantitative estimate of drug-likeness (QED) is 0.701. The molecular weight excluding hydrogens is 330 g/mol. The Morgan fingerprint density at radius 3 is 2.72 bits per heavy atom. The lowest BCUT2D eigenvalue weighted by atomic mass is 10.0. The van der Waals surface area contributed by atoms with Crippen LogP contribution < -0.4 is 4.90 Å². The summed E-state index contributed by atoms with van der Waals surface area (Å²) >= 11 is 0. The molecule has 0 amide bonds. The second kappa shape index (κ2) is 7.13. The maximum Gasteiger partial charge on any atom is 0.0991 e. The number of anilines is 1. The van der Waals surface area contributed by atoms with E-state index in [-0.39, 0.29) is 12.4 Å². The molecule has 0 N–H and O–H groups in total. The highest BCUT2D eigenvalue weighted by atomic mass is 35.5. The summed E-state index contributed by atoms with van der Waals surface area (Å²) in [5.74, 6) is 0. The summed E-state index contributed by atoms with van der Waals surface area (Å²) in [5.41, 5.74) is 6.78. The third kappa shape index (κ3) is 3.18. The summed E-state index contributed by atoms with van der Waals surface area (Å²) in [4.78, 5) is 7.20. The van der Waals surface area contributed by atoms with Crippen LogP contribution in [0.3, 0.4) is 0 Å². The fourth-order valence-corrected chi connectivity index (χ4v) is 3.63. The van der Waals surface area contributed by atoms with Crippen LogP contribution in [0.1, 0.15) is 22.4 Å². The maximum absolute atomic E-state index is 9.23. The third-order valence-corrected chi connectivity index (χ3v) is 4.85. The van der Waals surface area contributed by atoms with Crippen molar-refractivity contribution in [2.45, 2.75) is 19.8 Å². The van der Waals surface area contributed by atoms with E-state index in [4.69, 9.17) is 4.98 Å². The van der Waals surface area contributed by atoms with Crippen LogP contribution in [0.4, 0.5) is 5.69 Å². The number of hydrogen-bond acceptors (Lipinski definition) is 3.